The molecule has 0 saturated carbocycles. The fraction of sp³-hybridized carbons (Fsp3) is 0.286. The Balaban J connectivity index is 0.00000180. The summed E-state index contributed by atoms with van der Waals surface area (Å²) in [5.74, 6) is 0. The van der Waals surface area contributed by atoms with Gasteiger partial charge in [-0.05, 0) is 35.4 Å². The Labute approximate surface area is 136 Å². The van der Waals surface area contributed by atoms with Gasteiger partial charge in [0.1, 0.15) is 10.1 Å². The first kappa shape index (κ1) is 16.7. The van der Waals surface area contributed by atoms with Gasteiger partial charge in [0.05, 0.1) is 4.90 Å². The summed E-state index contributed by atoms with van der Waals surface area (Å²) in [5.41, 5.74) is 2.07. The van der Waals surface area contributed by atoms with Crippen molar-refractivity contribution in [3.63, 3.8) is 0 Å². The number of hydrogen-bond acceptors (Lipinski definition) is 3. The van der Waals surface area contributed by atoms with Gasteiger partial charge in [0, 0.05) is 5.39 Å². The van der Waals surface area contributed by atoms with E-state index in [1.54, 1.807) is 6.07 Å². The number of benzene rings is 2. The Morgan fingerprint density at radius 2 is 1.79 bits per heavy atom. The molecule has 0 aliphatic rings. The summed E-state index contributed by atoms with van der Waals surface area (Å²) in [7, 11) is -4.43. The molecule has 0 bridgehead atoms. The van der Waals surface area contributed by atoms with Crippen molar-refractivity contribution in [3.05, 3.63) is 41.5 Å². The zero-order valence-electron chi connectivity index (χ0n) is 11.4. The maximum atomic E-state index is 11.3. The number of fused-ring (bicyclic) bond motifs is 1. The van der Waals surface area contributed by atoms with Gasteiger partial charge in [-0.25, -0.2) is 8.42 Å². The van der Waals surface area contributed by atoms with E-state index in [0.717, 1.165) is 22.9 Å². The third kappa shape index (κ3) is 3.38. The molecule has 0 atom stereocenters. The zero-order valence-corrected chi connectivity index (χ0v) is 14.3. The molecule has 2 rings (SSSR count). The van der Waals surface area contributed by atoms with Crippen LogP contribution >= 0.6 is 0 Å². The molecular weight excluding hydrogens is 271 g/mol. The summed E-state index contributed by atoms with van der Waals surface area (Å²) in [4.78, 5) is -0.112. The van der Waals surface area contributed by atoms with Crippen LogP contribution in [0, 0.1) is 0 Å². The van der Waals surface area contributed by atoms with E-state index in [9.17, 15) is 13.0 Å². The summed E-state index contributed by atoms with van der Waals surface area (Å²) < 4.78 is 33.9. The third-order valence-electron chi connectivity index (χ3n) is 3.14. The van der Waals surface area contributed by atoms with Crippen LogP contribution in [0.4, 0.5) is 0 Å². The van der Waals surface area contributed by atoms with Crippen molar-refractivity contribution >= 4 is 20.9 Å². The Morgan fingerprint density at radius 3 is 2.32 bits per heavy atom. The third-order valence-corrected chi connectivity index (χ3v) is 4.02. The van der Waals surface area contributed by atoms with Gasteiger partial charge in [0.15, 0.2) is 0 Å². The van der Waals surface area contributed by atoms with Gasteiger partial charge in [-0.3, -0.25) is 0 Å². The van der Waals surface area contributed by atoms with Crippen LogP contribution in [0.5, 0.6) is 0 Å². The van der Waals surface area contributed by atoms with Crippen LogP contribution in [0.2, 0.25) is 0 Å². The molecular formula is C14H15NaO3S. The molecule has 0 fully saturated rings. The molecule has 2 aromatic carbocycles. The van der Waals surface area contributed by atoms with Crippen molar-refractivity contribution in [1.82, 2.24) is 0 Å². The monoisotopic (exact) mass is 286 g/mol. The molecule has 0 aliphatic heterocycles. The zero-order chi connectivity index (χ0) is 13.3. The molecule has 5 heteroatoms. The summed E-state index contributed by atoms with van der Waals surface area (Å²) in [6, 6.07) is 8.78. The average Bonchev–Trinajstić information content (AvgIpc) is 2.35. The van der Waals surface area contributed by atoms with E-state index < -0.39 is 10.1 Å². The smallest absolute Gasteiger partial charge is 0.744 e. The molecule has 0 N–H and O–H groups in total. The maximum absolute atomic E-state index is 11.3. The fourth-order valence-electron chi connectivity index (χ4n) is 2.24. The molecule has 96 valence electrons. The molecule has 2 aromatic rings. The van der Waals surface area contributed by atoms with Crippen LogP contribution in [0.3, 0.4) is 0 Å². The molecule has 0 saturated heterocycles. The van der Waals surface area contributed by atoms with Gasteiger partial charge in [0.2, 0.25) is 0 Å². The molecule has 3 nitrogen and oxygen atoms in total. The van der Waals surface area contributed by atoms with E-state index in [1.807, 2.05) is 25.1 Å². The predicted molar refractivity (Wildman–Crippen MR) is 70.7 cm³/mol. The van der Waals surface area contributed by atoms with Gasteiger partial charge in [0.25, 0.3) is 0 Å². The van der Waals surface area contributed by atoms with Crippen LogP contribution in [0.1, 0.15) is 25.0 Å². The van der Waals surface area contributed by atoms with Crippen molar-refractivity contribution in [2.45, 2.75) is 31.6 Å². The number of aryl methyl sites for hydroxylation is 2. The van der Waals surface area contributed by atoms with E-state index in [1.165, 1.54) is 6.07 Å². The van der Waals surface area contributed by atoms with E-state index >= 15 is 0 Å². The van der Waals surface area contributed by atoms with E-state index in [2.05, 4.69) is 6.92 Å². The maximum Gasteiger partial charge on any atom is 1.00 e. The van der Waals surface area contributed by atoms with Crippen LogP contribution in [0.15, 0.2) is 35.2 Å². The van der Waals surface area contributed by atoms with E-state index in [0.29, 0.717) is 11.8 Å². The molecule has 0 aromatic heterocycles. The minimum Gasteiger partial charge on any atom is -0.744 e. The Hall–Kier alpha value is -0.390. The Morgan fingerprint density at radius 1 is 1.11 bits per heavy atom. The molecule has 0 radical (unpaired) electrons. The summed E-state index contributed by atoms with van der Waals surface area (Å²) in [5, 5.41) is 1.40. The SMILES string of the molecule is CCc1cc(CC)c2c(S(=O)(=O)[O-])cccc2c1.[Na+]. The first-order valence-electron chi connectivity index (χ1n) is 5.97. The standard InChI is InChI=1S/C14H16O3S.Na/c1-3-10-8-11(4-2)14-12(9-10)6-5-7-13(14)18(15,16)17;/h5-9H,3-4H2,1-2H3,(H,15,16,17);/q;+1/p-1. The van der Waals surface area contributed by atoms with Crippen molar-refractivity contribution in [2.24, 2.45) is 0 Å². The van der Waals surface area contributed by atoms with Gasteiger partial charge in [-0.1, -0.05) is 38.1 Å². The van der Waals surface area contributed by atoms with Crippen molar-refractivity contribution in [3.8, 4) is 0 Å². The summed E-state index contributed by atoms with van der Waals surface area (Å²) in [6.07, 6.45) is 1.59. The molecule has 19 heavy (non-hydrogen) atoms. The topological polar surface area (TPSA) is 57.2 Å². The average molecular weight is 286 g/mol. The van der Waals surface area contributed by atoms with Gasteiger partial charge in [-0.2, -0.15) is 0 Å². The predicted octanol–water partition coefficient (Wildman–Crippen LogP) is -0.127. The van der Waals surface area contributed by atoms with Crippen LogP contribution < -0.4 is 29.6 Å². The van der Waals surface area contributed by atoms with Crippen LogP contribution in [-0.4, -0.2) is 13.0 Å². The van der Waals surface area contributed by atoms with Gasteiger partial charge < -0.3 is 4.55 Å². The molecule has 0 amide bonds. The number of rotatable bonds is 3. The normalized spacial score (nSPS) is 11.3. The summed E-state index contributed by atoms with van der Waals surface area (Å²) >= 11 is 0. The second-order valence-electron chi connectivity index (χ2n) is 4.27. The van der Waals surface area contributed by atoms with E-state index in [-0.39, 0.29) is 34.5 Å². The molecule has 0 unspecified atom stereocenters. The Bertz CT molecular complexity index is 693. The number of hydrogen-bond donors (Lipinski definition) is 0. The second kappa shape index (κ2) is 6.37. The quantitative estimate of drug-likeness (QED) is 0.583. The molecule has 0 aliphatic carbocycles. The first-order valence-corrected chi connectivity index (χ1v) is 7.38. The van der Waals surface area contributed by atoms with Crippen molar-refractivity contribution in [2.75, 3.05) is 0 Å². The van der Waals surface area contributed by atoms with Crippen LogP contribution in [0.25, 0.3) is 10.8 Å². The van der Waals surface area contributed by atoms with Crippen molar-refractivity contribution in [1.29, 1.82) is 0 Å². The largest absolute Gasteiger partial charge is 1.00 e. The van der Waals surface area contributed by atoms with Gasteiger partial charge >= 0.3 is 29.6 Å². The van der Waals surface area contributed by atoms with E-state index in [4.69, 9.17) is 0 Å². The minimum atomic E-state index is -4.43. The second-order valence-corrected chi connectivity index (χ2v) is 5.62. The summed E-state index contributed by atoms with van der Waals surface area (Å²) in [6.45, 7) is 4.01. The molecule has 0 spiro atoms. The van der Waals surface area contributed by atoms with Gasteiger partial charge in [-0.15, -0.1) is 0 Å². The van der Waals surface area contributed by atoms with Crippen LogP contribution in [-0.2, 0) is 23.0 Å². The first-order chi connectivity index (χ1) is 8.47. The molecule has 0 heterocycles. The fourth-order valence-corrected chi connectivity index (χ4v) is 2.98. The minimum absolute atomic E-state index is 0. The van der Waals surface area contributed by atoms with Crippen molar-refractivity contribution < 1.29 is 42.5 Å². The Kier molecular flexibility index (Phi) is 5.59.